The second kappa shape index (κ2) is 7.56. The summed E-state index contributed by atoms with van der Waals surface area (Å²) in [6.45, 7) is 9.23. The maximum atomic E-state index is 12.2. The predicted molar refractivity (Wildman–Crippen MR) is 102 cm³/mol. The van der Waals surface area contributed by atoms with Crippen molar-refractivity contribution in [3.05, 3.63) is 47.8 Å². The van der Waals surface area contributed by atoms with Crippen molar-refractivity contribution >= 4 is 16.8 Å². The average Bonchev–Trinajstić information content (AvgIpc) is 2.98. The maximum Gasteiger partial charge on any atom is 0.260 e. The molecule has 6 heteroatoms. The van der Waals surface area contributed by atoms with E-state index in [-0.39, 0.29) is 12.5 Å². The van der Waals surface area contributed by atoms with Crippen LogP contribution in [-0.4, -0.2) is 45.3 Å². The number of hydrogen-bond acceptors (Lipinski definition) is 4. The number of benzene rings is 1. The molecule has 2 aromatic heterocycles. The average molecular weight is 352 g/mol. The molecular formula is C20H24N4O2. The van der Waals surface area contributed by atoms with Gasteiger partial charge >= 0.3 is 0 Å². The largest absolute Gasteiger partial charge is 0.481 e. The smallest absolute Gasteiger partial charge is 0.260 e. The Hall–Kier alpha value is -2.89. The summed E-state index contributed by atoms with van der Waals surface area (Å²) in [6, 6.07) is 11.7. The molecule has 0 atom stereocenters. The summed E-state index contributed by atoms with van der Waals surface area (Å²) in [5.74, 6) is 1.31. The monoisotopic (exact) mass is 352 g/mol. The molecule has 0 unspecified atom stereocenters. The van der Waals surface area contributed by atoms with E-state index < -0.39 is 0 Å². The fourth-order valence-electron chi connectivity index (χ4n) is 3.01. The first-order valence-electron chi connectivity index (χ1n) is 8.87. The molecule has 1 aromatic carbocycles. The molecule has 0 saturated carbocycles. The van der Waals surface area contributed by atoms with Crippen LogP contribution in [0.1, 0.15) is 25.2 Å². The van der Waals surface area contributed by atoms with Gasteiger partial charge in [-0.05, 0) is 52.0 Å². The highest BCUT2D eigenvalue weighted by Gasteiger charge is 2.13. The molecule has 3 aromatic rings. The normalized spacial score (nSPS) is 10.9. The SMILES string of the molecule is CCN(CC)C(=O)COc1cccc2ccc(-n3nc(C)cc3C)nc12. The minimum Gasteiger partial charge on any atom is -0.481 e. The highest BCUT2D eigenvalue weighted by atomic mass is 16.5. The van der Waals surface area contributed by atoms with E-state index in [2.05, 4.69) is 5.10 Å². The van der Waals surface area contributed by atoms with Gasteiger partial charge in [-0.25, -0.2) is 9.67 Å². The zero-order valence-corrected chi connectivity index (χ0v) is 15.7. The number of aromatic nitrogens is 3. The van der Waals surface area contributed by atoms with Crippen LogP contribution in [0, 0.1) is 13.8 Å². The predicted octanol–water partition coefficient (Wildman–Crippen LogP) is 3.28. The van der Waals surface area contributed by atoms with Crippen molar-refractivity contribution in [3.8, 4) is 11.6 Å². The van der Waals surface area contributed by atoms with Gasteiger partial charge < -0.3 is 9.64 Å². The van der Waals surface area contributed by atoms with Crippen LogP contribution in [0.3, 0.4) is 0 Å². The van der Waals surface area contributed by atoms with Crippen LogP contribution in [0.2, 0.25) is 0 Å². The van der Waals surface area contributed by atoms with E-state index in [4.69, 9.17) is 9.72 Å². The molecule has 0 spiro atoms. The molecule has 0 saturated heterocycles. The molecule has 0 bridgehead atoms. The molecule has 2 heterocycles. The minimum atomic E-state index is -0.0262. The molecule has 0 aliphatic heterocycles. The number of pyridine rings is 1. The Morgan fingerprint density at radius 3 is 2.58 bits per heavy atom. The number of amides is 1. The van der Waals surface area contributed by atoms with E-state index in [9.17, 15) is 4.79 Å². The van der Waals surface area contributed by atoms with Gasteiger partial charge in [-0.2, -0.15) is 5.10 Å². The van der Waals surface area contributed by atoms with Crippen LogP contribution in [0.15, 0.2) is 36.4 Å². The number of fused-ring (bicyclic) bond motifs is 1. The fraction of sp³-hybridized carbons (Fsp3) is 0.350. The topological polar surface area (TPSA) is 60.2 Å². The van der Waals surface area contributed by atoms with Gasteiger partial charge in [-0.15, -0.1) is 0 Å². The molecule has 0 aliphatic rings. The van der Waals surface area contributed by atoms with E-state index in [1.807, 2.05) is 68.8 Å². The highest BCUT2D eigenvalue weighted by Crippen LogP contribution is 2.25. The lowest BCUT2D eigenvalue weighted by atomic mass is 10.2. The van der Waals surface area contributed by atoms with Crippen molar-refractivity contribution in [1.82, 2.24) is 19.7 Å². The van der Waals surface area contributed by atoms with Gasteiger partial charge in [0, 0.05) is 24.2 Å². The molecule has 0 fully saturated rings. The lowest BCUT2D eigenvalue weighted by Gasteiger charge is -2.19. The molecule has 136 valence electrons. The second-order valence-corrected chi connectivity index (χ2v) is 6.19. The Balaban J connectivity index is 1.92. The molecule has 0 radical (unpaired) electrons. The Kier molecular flexibility index (Phi) is 5.21. The fourth-order valence-corrected chi connectivity index (χ4v) is 3.01. The standard InChI is InChI=1S/C20H24N4O2/c1-5-23(6-2)19(25)13-26-17-9-7-8-16-10-11-18(21-20(16)17)24-15(4)12-14(3)22-24/h7-12H,5-6,13H2,1-4H3. The Morgan fingerprint density at radius 1 is 1.15 bits per heavy atom. The van der Waals surface area contributed by atoms with Gasteiger partial charge in [-0.1, -0.05) is 12.1 Å². The van der Waals surface area contributed by atoms with Crippen molar-refractivity contribution < 1.29 is 9.53 Å². The summed E-state index contributed by atoms with van der Waals surface area (Å²) in [6.07, 6.45) is 0. The second-order valence-electron chi connectivity index (χ2n) is 6.19. The minimum absolute atomic E-state index is 0.00655. The van der Waals surface area contributed by atoms with Crippen LogP contribution >= 0.6 is 0 Å². The number of hydrogen-bond donors (Lipinski definition) is 0. The van der Waals surface area contributed by atoms with Gasteiger partial charge in [0.2, 0.25) is 0 Å². The van der Waals surface area contributed by atoms with E-state index in [1.165, 1.54) is 0 Å². The van der Waals surface area contributed by atoms with Crippen molar-refractivity contribution in [2.45, 2.75) is 27.7 Å². The number of carbonyl (C=O) groups excluding carboxylic acids is 1. The first kappa shape index (κ1) is 17.9. The highest BCUT2D eigenvalue weighted by molar-refractivity contribution is 5.86. The molecular weight excluding hydrogens is 328 g/mol. The zero-order valence-electron chi connectivity index (χ0n) is 15.7. The first-order chi connectivity index (χ1) is 12.5. The zero-order chi connectivity index (χ0) is 18.7. The number of likely N-dealkylation sites (N-methyl/N-ethyl adjacent to an activating group) is 1. The maximum absolute atomic E-state index is 12.2. The van der Waals surface area contributed by atoms with Crippen LogP contribution in [-0.2, 0) is 4.79 Å². The number of rotatable bonds is 6. The number of carbonyl (C=O) groups is 1. The van der Waals surface area contributed by atoms with Crippen molar-refractivity contribution in [1.29, 1.82) is 0 Å². The molecule has 0 aliphatic carbocycles. The van der Waals surface area contributed by atoms with Gasteiger partial charge in [0.15, 0.2) is 12.4 Å². The summed E-state index contributed by atoms with van der Waals surface area (Å²) < 4.78 is 7.62. The van der Waals surface area contributed by atoms with E-state index in [0.717, 1.165) is 28.1 Å². The summed E-state index contributed by atoms with van der Waals surface area (Å²) in [4.78, 5) is 18.7. The Labute approximate surface area is 153 Å². The molecule has 6 nitrogen and oxygen atoms in total. The van der Waals surface area contributed by atoms with Gasteiger partial charge in [0.1, 0.15) is 11.3 Å². The summed E-state index contributed by atoms with van der Waals surface area (Å²) in [5.41, 5.74) is 2.69. The first-order valence-corrected chi connectivity index (χ1v) is 8.87. The van der Waals surface area contributed by atoms with E-state index >= 15 is 0 Å². The lowest BCUT2D eigenvalue weighted by molar-refractivity contribution is -0.132. The van der Waals surface area contributed by atoms with Crippen LogP contribution < -0.4 is 4.74 Å². The summed E-state index contributed by atoms with van der Waals surface area (Å²) >= 11 is 0. The lowest BCUT2D eigenvalue weighted by Crippen LogP contribution is -2.34. The van der Waals surface area contributed by atoms with Crippen molar-refractivity contribution in [2.24, 2.45) is 0 Å². The van der Waals surface area contributed by atoms with Crippen molar-refractivity contribution in [2.75, 3.05) is 19.7 Å². The third-order valence-electron chi connectivity index (χ3n) is 4.36. The Morgan fingerprint density at radius 2 is 1.92 bits per heavy atom. The van der Waals surface area contributed by atoms with Crippen LogP contribution in [0.25, 0.3) is 16.7 Å². The van der Waals surface area contributed by atoms with Gasteiger partial charge in [0.05, 0.1) is 5.69 Å². The molecule has 26 heavy (non-hydrogen) atoms. The van der Waals surface area contributed by atoms with Crippen LogP contribution in [0.4, 0.5) is 0 Å². The van der Waals surface area contributed by atoms with E-state index in [0.29, 0.717) is 18.8 Å². The van der Waals surface area contributed by atoms with Crippen molar-refractivity contribution in [3.63, 3.8) is 0 Å². The number of ether oxygens (including phenoxy) is 1. The summed E-state index contributed by atoms with van der Waals surface area (Å²) in [5, 5.41) is 5.45. The van der Waals surface area contributed by atoms with Crippen LogP contribution in [0.5, 0.6) is 5.75 Å². The number of aryl methyl sites for hydroxylation is 2. The third-order valence-corrected chi connectivity index (χ3v) is 4.36. The Bertz CT molecular complexity index is 929. The van der Waals surface area contributed by atoms with Gasteiger partial charge in [0.25, 0.3) is 5.91 Å². The van der Waals surface area contributed by atoms with E-state index in [1.54, 1.807) is 4.90 Å². The summed E-state index contributed by atoms with van der Waals surface area (Å²) in [7, 11) is 0. The molecule has 1 amide bonds. The number of para-hydroxylation sites is 1. The van der Waals surface area contributed by atoms with Gasteiger partial charge in [-0.3, -0.25) is 4.79 Å². The molecule has 3 rings (SSSR count). The molecule has 0 N–H and O–H groups in total. The number of nitrogens with zero attached hydrogens (tertiary/aromatic N) is 4. The third kappa shape index (κ3) is 3.54. The quantitative estimate of drug-likeness (QED) is 0.683.